The second kappa shape index (κ2) is 16.5. The van der Waals surface area contributed by atoms with Crippen LogP contribution in [0.25, 0.3) is 10.4 Å². The van der Waals surface area contributed by atoms with Gasteiger partial charge in [-0.05, 0) is 37.5 Å². The second-order valence-corrected chi connectivity index (χ2v) is 13.8. The van der Waals surface area contributed by atoms with Gasteiger partial charge in [0.2, 0.25) is 11.8 Å². The molecule has 1 aromatic carbocycles. The van der Waals surface area contributed by atoms with E-state index in [2.05, 4.69) is 43.2 Å². The number of aryl methyl sites for hydroxylation is 1. The van der Waals surface area contributed by atoms with Gasteiger partial charge in [-0.25, -0.2) is 9.97 Å². The van der Waals surface area contributed by atoms with E-state index in [0.717, 1.165) is 55.4 Å². The molecule has 3 aliphatic heterocycles. The highest BCUT2D eigenvalue weighted by molar-refractivity contribution is 7.19. The van der Waals surface area contributed by atoms with Crippen molar-refractivity contribution in [2.24, 2.45) is 11.8 Å². The van der Waals surface area contributed by atoms with Crippen LogP contribution in [0.3, 0.4) is 0 Å². The Hall–Kier alpha value is -4.61. The summed E-state index contributed by atoms with van der Waals surface area (Å²) in [6.45, 7) is 8.51. The number of thiazole rings is 2. The van der Waals surface area contributed by atoms with Crippen LogP contribution in [0.15, 0.2) is 30.5 Å². The first-order chi connectivity index (χ1) is 23.3. The van der Waals surface area contributed by atoms with Crippen LogP contribution in [-0.4, -0.2) is 102 Å². The standard InChI is InChI=1S/C17H17N5O2S.C15H21N5O2S/c1-19-15(23)12-4-2-11(3-5-12)14-8-20-17(25-14)21-16(24)13-6-7-22(9-13)10-18;1-11-13(9-19-4-6-22-7-5-19)23-15(17-11)18-14(21)12-2-3-20(8-12)10-16/h2-5,8,13H,6-7,9H2,1H3,(H,19,23)(H,20,21,24);12H,2-9H2,1H3,(H,17,18,21)/t13-;12-/m00/s1. The fourth-order valence-electron chi connectivity index (χ4n) is 5.53. The molecule has 3 saturated heterocycles. The van der Waals surface area contributed by atoms with Gasteiger partial charge in [0, 0.05) is 69.5 Å². The molecule has 2 aromatic heterocycles. The van der Waals surface area contributed by atoms with Gasteiger partial charge in [0.15, 0.2) is 22.6 Å². The monoisotopic (exact) mass is 690 g/mol. The molecule has 6 rings (SSSR count). The molecule has 0 spiro atoms. The number of nitriles is 2. The van der Waals surface area contributed by atoms with Crippen LogP contribution in [0.2, 0.25) is 0 Å². The molecular formula is C32H38N10O4S2. The molecule has 0 bridgehead atoms. The fraction of sp³-hybridized carbons (Fsp3) is 0.469. The number of morpholine rings is 1. The zero-order valence-electron chi connectivity index (χ0n) is 26.9. The largest absolute Gasteiger partial charge is 0.379 e. The lowest BCUT2D eigenvalue weighted by atomic mass is 10.1. The minimum absolute atomic E-state index is 0.0329. The smallest absolute Gasteiger partial charge is 0.251 e. The van der Waals surface area contributed by atoms with Crippen molar-refractivity contribution in [3.05, 3.63) is 46.6 Å². The lowest BCUT2D eigenvalue weighted by molar-refractivity contribution is -0.120. The van der Waals surface area contributed by atoms with Crippen molar-refractivity contribution in [2.75, 3.05) is 70.2 Å². The second-order valence-electron chi connectivity index (χ2n) is 11.6. The Morgan fingerprint density at radius 1 is 0.917 bits per heavy atom. The van der Waals surface area contributed by atoms with E-state index in [-0.39, 0.29) is 29.6 Å². The van der Waals surface area contributed by atoms with Crippen molar-refractivity contribution >= 4 is 50.7 Å². The zero-order valence-corrected chi connectivity index (χ0v) is 28.5. The van der Waals surface area contributed by atoms with E-state index >= 15 is 0 Å². The molecule has 3 aliphatic rings. The third-order valence-electron chi connectivity index (χ3n) is 8.39. The Morgan fingerprint density at radius 3 is 2.08 bits per heavy atom. The third-order valence-corrected chi connectivity index (χ3v) is 10.4. The number of amides is 3. The fourth-order valence-corrected chi connectivity index (χ4v) is 7.36. The first-order valence-electron chi connectivity index (χ1n) is 15.7. The van der Waals surface area contributed by atoms with Gasteiger partial charge in [0.05, 0.1) is 35.6 Å². The summed E-state index contributed by atoms with van der Waals surface area (Å²) >= 11 is 2.92. The summed E-state index contributed by atoms with van der Waals surface area (Å²) in [6, 6.07) is 7.21. The molecule has 2 atom stereocenters. The first kappa shape index (κ1) is 34.7. The summed E-state index contributed by atoms with van der Waals surface area (Å²) in [5.74, 6) is -0.574. The lowest BCUT2D eigenvalue weighted by Gasteiger charge is -2.25. The van der Waals surface area contributed by atoms with Crippen molar-refractivity contribution in [2.45, 2.75) is 26.3 Å². The Morgan fingerprint density at radius 2 is 1.52 bits per heavy atom. The van der Waals surface area contributed by atoms with E-state index in [1.165, 1.54) is 16.2 Å². The van der Waals surface area contributed by atoms with Gasteiger partial charge in [-0.2, -0.15) is 10.5 Å². The van der Waals surface area contributed by atoms with Crippen molar-refractivity contribution < 1.29 is 19.1 Å². The quantitative estimate of drug-likeness (QED) is 0.296. The average molecular weight is 691 g/mol. The van der Waals surface area contributed by atoms with Crippen molar-refractivity contribution in [3.8, 4) is 22.8 Å². The number of aromatic nitrogens is 2. The van der Waals surface area contributed by atoms with Gasteiger partial charge in [-0.15, -0.1) is 11.3 Å². The van der Waals surface area contributed by atoms with Crippen LogP contribution < -0.4 is 16.0 Å². The maximum atomic E-state index is 12.3. The molecule has 0 saturated carbocycles. The van der Waals surface area contributed by atoms with Crippen LogP contribution in [0.1, 0.15) is 33.8 Å². The van der Waals surface area contributed by atoms with Crippen LogP contribution >= 0.6 is 22.7 Å². The molecule has 3 N–H and O–H groups in total. The third kappa shape index (κ3) is 9.05. The first-order valence-corrected chi connectivity index (χ1v) is 17.4. The van der Waals surface area contributed by atoms with Gasteiger partial charge < -0.3 is 30.5 Å². The van der Waals surface area contributed by atoms with Gasteiger partial charge in [-0.3, -0.25) is 19.3 Å². The molecule has 3 amide bonds. The van der Waals surface area contributed by atoms with E-state index in [9.17, 15) is 14.4 Å². The number of ether oxygens (including phenoxy) is 1. The minimum atomic E-state index is -0.182. The van der Waals surface area contributed by atoms with Crippen molar-refractivity contribution in [1.29, 1.82) is 10.5 Å². The highest BCUT2D eigenvalue weighted by Crippen LogP contribution is 2.30. The topological polar surface area (TPSA) is 180 Å². The number of carbonyl (C=O) groups excluding carboxylic acids is 3. The molecular weight excluding hydrogens is 653 g/mol. The molecule has 3 aromatic rings. The molecule has 252 valence electrons. The molecule has 0 radical (unpaired) electrons. The molecule has 14 nitrogen and oxygen atoms in total. The molecule has 0 aliphatic carbocycles. The molecule has 5 heterocycles. The SMILES string of the molecule is CNC(=O)c1ccc(-c2cnc(NC(=O)[C@H]3CCN(C#N)C3)s2)cc1.Cc1nc(NC(=O)[C@H]2CCN(C#N)C2)sc1CN1CCOCC1. The normalized spacial score (nSPS) is 19.1. The molecule has 3 fully saturated rings. The molecule has 16 heteroatoms. The van der Waals surface area contributed by atoms with E-state index in [1.54, 1.807) is 46.5 Å². The maximum Gasteiger partial charge on any atom is 0.251 e. The summed E-state index contributed by atoms with van der Waals surface area (Å²) < 4.78 is 5.36. The van der Waals surface area contributed by atoms with E-state index < -0.39 is 0 Å². The number of carbonyl (C=O) groups is 3. The Labute approximate surface area is 287 Å². The number of anilines is 2. The van der Waals surface area contributed by atoms with Gasteiger partial charge >= 0.3 is 0 Å². The minimum Gasteiger partial charge on any atom is -0.379 e. The Kier molecular flexibility index (Phi) is 11.9. The van der Waals surface area contributed by atoms with E-state index in [1.807, 2.05) is 19.1 Å². The van der Waals surface area contributed by atoms with Gasteiger partial charge in [0.25, 0.3) is 5.91 Å². The van der Waals surface area contributed by atoms with Gasteiger partial charge in [-0.1, -0.05) is 23.5 Å². The number of benzene rings is 1. The van der Waals surface area contributed by atoms with Crippen molar-refractivity contribution in [1.82, 2.24) is 30.0 Å². The van der Waals surface area contributed by atoms with Crippen LogP contribution in [0.4, 0.5) is 10.3 Å². The van der Waals surface area contributed by atoms with E-state index in [0.29, 0.717) is 48.4 Å². The Balaban J connectivity index is 0.000000188. The van der Waals surface area contributed by atoms with Crippen molar-refractivity contribution in [3.63, 3.8) is 0 Å². The Bertz CT molecular complexity index is 1670. The number of nitrogens with one attached hydrogen (secondary N) is 3. The van der Waals surface area contributed by atoms with Crippen LogP contribution in [0, 0.1) is 41.7 Å². The molecule has 0 unspecified atom stereocenters. The number of hydrogen-bond donors (Lipinski definition) is 3. The number of rotatable bonds is 8. The predicted octanol–water partition coefficient (Wildman–Crippen LogP) is 2.94. The summed E-state index contributed by atoms with van der Waals surface area (Å²) in [6.07, 6.45) is 7.27. The molecule has 48 heavy (non-hydrogen) atoms. The highest BCUT2D eigenvalue weighted by atomic mass is 32.1. The number of hydrogen-bond acceptors (Lipinski definition) is 13. The summed E-state index contributed by atoms with van der Waals surface area (Å²) in [5.41, 5.74) is 2.50. The lowest BCUT2D eigenvalue weighted by Crippen LogP contribution is -2.35. The zero-order chi connectivity index (χ0) is 34.0. The summed E-state index contributed by atoms with van der Waals surface area (Å²) in [4.78, 5) is 52.5. The van der Waals surface area contributed by atoms with Crippen LogP contribution in [-0.2, 0) is 20.9 Å². The summed E-state index contributed by atoms with van der Waals surface area (Å²) in [7, 11) is 1.59. The average Bonchev–Trinajstić information content (AvgIpc) is 3.93. The van der Waals surface area contributed by atoms with Gasteiger partial charge in [0.1, 0.15) is 0 Å². The number of nitrogens with zero attached hydrogens (tertiary/aromatic N) is 7. The van der Waals surface area contributed by atoms with Crippen LogP contribution in [0.5, 0.6) is 0 Å². The summed E-state index contributed by atoms with van der Waals surface area (Å²) in [5, 5.41) is 27.2. The highest BCUT2D eigenvalue weighted by Gasteiger charge is 2.29. The predicted molar refractivity (Wildman–Crippen MR) is 182 cm³/mol. The number of likely N-dealkylation sites (tertiary alicyclic amines) is 2. The maximum absolute atomic E-state index is 12.3. The van der Waals surface area contributed by atoms with E-state index in [4.69, 9.17) is 15.3 Å².